The Labute approximate surface area is 136 Å². The third-order valence-electron chi connectivity index (χ3n) is 4.62. The highest BCUT2D eigenvalue weighted by molar-refractivity contribution is 6.11. The molecular weight excluding hydrogens is 292 g/mol. The van der Waals surface area contributed by atoms with Crippen LogP contribution in [0.25, 0.3) is 0 Å². The van der Waals surface area contributed by atoms with Crippen LogP contribution in [-0.2, 0) is 11.2 Å². The van der Waals surface area contributed by atoms with Crippen molar-refractivity contribution in [1.82, 2.24) is 10.3 Å². The fourth-order valence-electron chi connectivity index (χ4n) is 3.63. The van der Waals surface area contributed by atoms with Gasteiger partial charge in [-0.05, 0) is 71.7 Å². The number of pyridine rings is 1. The second-order valence-corrected chi connectivity index (χ2v) is 7.68. The molecule has 0 bridgehead atoms. The molecule has 2 aliphatic rings. The third kappa shape index (κ3) is 2.90. The number of carbonyl (C=O) groups excluding carboxylic acids is 2. The van der Waals surface area contributed by atoms with Crippen LogP contribution < -0.4 is 5.32 Å². The second kappa shape index (κ2) is 5.41. The molecule has 5 nitrogen and oxygen atoms in total. The molecule has 0 unspecified atom stereocenters. The number of aromatic nitrogens is 1. The van der Waals surface area contributed by atoms with Crippen molar-refractivity contribution in [1.29, 1.82) is 0 Å². The van der Waals surface area contributed by atoms with Crippen molar-refractivity contribution < 1.29 is 14.3 Å². The molecule has 23 heavy (non-hydrogen) atoms. The van der Waals surface area contributed by atoms with Crippen LogP contribution >= 0.6 is 0 Å². The molecule has 1 aromatic rings. The van der Waals surface area contributed by atoms with E-state index in [1.165, 1.54) is 0 Å². The van der Waals surface area contributed by atoms with Gasteiger partial charge in [-0.2, -0.15) is 0 Å². The van der Waals surface area contributed by atoms with Crippen molar-refractivity contribution >= 4 is 11.8 Å². The minimum atomic E-state index is -0.608. The number of Topliss-reactive ketones (excluding diaryl/α,β-unsaturated/α-hetero) is 1. The van der Waals surface area contributed by atoms with Gasteiger partial charge in [0.25, 0.3) is 0 Å². The average molecular weight is 316 g/mol. The summed E-state index contributed by atoms with van der Waals surface area (Å²) >= 11 is 0. The van der Waals surface area contributed by atoms with E-state index in [4.69, 9.17) is 4.74 Å². The molecule has 1 aliphatic carbocycles. The van der Waals surface area contributed by atoms with E-state index in [0.29, 0.717) is 12.0 Å². The number of hydrogen-bond donors (Lipinski definition) is 1. The van der Waals surface area contributed by atoms with Crippen molar-refractivity contribution in [3.63, 3.8) is 0 Å². The number of ketones is 1. The van der Waals surface area contributed by atoms with Gasteiger partial charge < -0.3 is 10.1 Å². The molecule has 2 heterocycles. The predicted molar refractivity (Wildman–Crippen MR) is 86.7 cm³/mol. The quantitative estimate of drug-likeness (QED) is 0.806. The summed E-state index contributed by atoms with van der Waals surface area (Å²) < 4.78 is 5.46. The number of piperidine rings is 1. The number of esters is 1. The molecule has 1 N–H and O–H groups in total. The van der Waals surface area contributed by atoms with Gasteiger partial charge >= 0.3 is 5.97 Å². The van der Waals surface area contributed by atoms with Gasteiger partial charge in [0.05, 0.1) is 5.56 Å². The average Bonchev–Trinajstić information content (AvgIpc) is 2.69. The summed E-state index contributed by atoms with van der Waals surface area (Å²) in [6.45, 7) is 8.99. The smallest absolute Gasteiger partial charge is 0.358 e. The second-order valence-electron chi connectivity index (χ2n) is 7.68. The molecule has 1 saturated heterocycles. The van der Waals surface area contributed by atoms with Crippen LogP contribution in [0.2, 0.25) is 0 Å². The standard InChI is InChI=1S/C18H24N2O3/c1-11-9-12-10-18(5-7-19-8-6-18)15(21)13(12)14(20-11)16(22)23-17(2,3)4/h9,19H,5-8,10H2,1-4H3. The predicted octanol–water partition coefficient (Wildman–Crippen LogP) is 2.45. The van der Waals surface area contributed by atoms with Crippen LogP contribution in [0.15, 0.2) is 6.07 Å². The zero-order chi connectivity index (χ0) is 16.8. The van der Waals surface area contributed by atoms with Crippen LogP contribution in [0.3, 0.4) is 0 Å². The minimum absolute atomic E-state index is 0.0716. The molecule has 0 saturated carbocycles. The maximum absolute atomic E-state index is 13.1. The van der Waals surface area contributed by atoms with Gasteiger partial charge in [0, 0.05) is 11.1 Å². The minimum Gasteiger partial charge on any atom is -0.455 e. The monoisotopic (exact) mass is 316 g/mol. The number of rotatable bonds is 1. The van der Waals surface area contributed by atoms with E-state index >= 15 is 0 Å². The molecule has 1 aliphatic heterocycles. The molecule has 3 rings (SSSR count). The Morgan fingerprint density at radius 2 is 1.96 bits per heavy atom. The Hall–Kier alpha value is -1.75. The number of fused-ring (bicyclic) bond motifs is 1. The highest BCUT2D eigenvalue weighted by Crippen LogP contribution is 2.44. The molecule has 0 aromatic carbocycles. The molecule has 0 radical (unpaired) electrons. The Bertz CT molecular complexity index is 668. The topological polar surface area (TPSA) is 68.3 Å². The van der Waals surface area contributed by atoms with Gasteiger partial charge in [0.15, 0.2) is 11.5 Å². The van der Waals surface area contributed by atoms with Crippen LogP contribution in [0, 0.1) is 12.3 Å². The number of ether oxygens (including phenoxy) is 1. The first-order valence-corrected chi connectivity index (χ1v) is 8.21. The van der Waals surface area contributed by atoms with Crippen LogP contribution in [0.1, 0.15) is 65.7 Å². The molecule has 0 atom stereocenters. The number of aryl methyl sites for hydroxylation is 1. The lowest BCUT2D eigenvalue weighted by Gasteiger charge is -2.32. The lowest BCUT2D eigenvalue weighted by molar-refractivity contribution is 0.00603. The van der Waals surface area contributed by atoms with Crippen molar-refractivity contribution in [2.45, 2.75) is 52.6 Å². The molecule has 124 valence electrons. The lowest BCUT2D eigenvalue weighted by atomic mass is 9.75. The number of hydrogen-bond acceptors (Lipinski definition) is 5. The van der Waals surface area contributed by atoms with Gasteiger partial charge in [-0.15, -0.1) is 0 Å². The van der Waals surface area contributed by atoms with E-state index in [2.05, 4.69) is 10.3 Å². The third-order valence-corrected chi connectivity index (χ3v) is 4.62. The van der Waals surface area contributed by atoms with Gasteiger partial charge in [-0.1, -0.05) is 0 Å². The molecular formula is C18H24N2O3. The molecule has 5 heteroatoms. The summed E-state index contributed by atoms with van der Waals surface area (Å²) in [4.78, 5) is 30.0. The summed E-state index contributed by atoms with van der Waals surface area (Å²) in [5.74, 6) is -0.431. The molecule has 0 amide bonds. The normalized spacial score (nSPS) is 19.7. The molecule has 1 fully saturated rings. The molecule has 1 spiro atoms. The largest absolute Gasteiger partial charge is 0.455 e. The van der Waals surface area contributed by atoms with Gasteiger partial charge in [0.1, 0.15) is 5.60 Å². The Kier molecular flexibility index (Phi) is 3.79. The van der Waals surface area contributed by atoms with E-state index in [9.17, 15) is 9.59 Å². The first-order chi connectivity index (χ1) is 10.7. The Morgan fingerprint density at radius 1 is 1.30 bits per heavy atom. The van der Waals surface area contributed by atoms with Crippen LogP contribution in [-0.4, -0.2) is 35.4 Å². The van der Waals surface area contributed by atoms with Crippen molar-refractivity contribution in [3.8, 4) is 0 Å². The Morgan fingerprint density at radius 3 is 2.57 bits per heavy atom. The summed E-state index contributed by atoms with van der Waals surface area (Å²) in [7, 11) is 0. The Balaban J connectivity index is 2.03. The van der Waals surface area contributed by atoms with E-state index < -0.39 is 11.6 Å². The van der Waals surface area contributed by atoms with Crippen LogP contribution in [0.4, 0.5) is 0 Å². The summed E-state index contributed by atoms with van der Waals surface area (Å²) in [6.07, 6.45) is 2.34. The van der Waals surface area contributed by atoms with Crippen molar-refractivity contribution in [2.75, 3.05) is 13.1 Å². The maximum Gasteiger partial charge on any atom is 0.358 e. The van der Waals surface area contributed by atoms with E-state index in [1.807, 2.05) is 33.8 Å². The van der Waals surface area contributed by atoms with Gasteiger partial charge in [-0.25, -0.2) is 9.78 Å². The van der Waals surface area contributed by atoms with Crippen molar-refractivity contribution in [3.05, 3.63) is 28.6 Å². The first-order valence-electron chi connectivity index (χ1n) is 8.21. The number of carbonyl (C=O) groups is 2. The van der Waals surface area contributed by atoms with Gasteiger partial charge in [-0.3, -0.25) is 4.79 Å². The lowest BCUT2D eigenvalue weighted by Crippen LogP contribution is -2.40. The zero-order valence-electron chi connectivity index (χ0n) is 14.3. The van der Waals surface area contributed by atoms with Gasteiger partial charge in [0.2, 0.25) is 0 Å². The van der Waals surface area contributed by atoms with Crippen molar-refractivity contribution in [2.24, 2.45) is 5.41 Å². The summed E-state index contributed by atoms with van der Waals surface area (Å²) in [5.41, 5.74) is 1.42. The fourth-order valence-corrected chi connectivity index (χ4v) is 3.63. The highest BCUT2D eigenvalue weighted by Gasteiger charge is 2.48. The van der Waals surface area contributed by atoms with E-state index in [-0.39, 0.29) is 16.9 Å². The number of nitrogens with zero attached hydrogens (tertiary/aromatic N) is 1. The molecule has 1 aromatic heterocycles. The summed E-state index contributed by atoms with van der Waals surface area (Å²) in [5, 5.41) is 3.30. The maximum atomic E-state index is 13.1. The van der Waals surface area contributed by atoms with E-state index in [1.54, 1.807) is 0 Å². The summed E-state index contributed by atoms with van der Waals surface area (Å²) in [6, 6.07) is 1.94. The highest BCUT2D eigenvalue weighted by atomic mass is 16.6. The zero-order valence-corrected chi connectivity index (χ0v) is 14.3. The first kappa shape index (κ1) is 16.1. The van der Waals surface area contributed by atoms with Crippen LogP contribution in [0.5, 0.6) is 0 Å². The number of nitrogens with one attached hydrogen (secondary N) is 1. The van der Waals surface area contributed by atoms with E-state index in [0.717, 1.165) is 37.2 Å². The SMILES string of the molecule is Cc1cc2c(c(C(=O)OC(C)(C)C)n1)C(=O)C1(CCNCC1)C2. The fraction of sp³-hybridized carbons (Fsp3) is 0.611.